The number of carbonyl (C=O) groups excluding carboxylic acids is 2. The average Bonchev–Trinajstić information content (AvgIpc) is 2.40. The van der Waals surface area contributed by atoms with Crippen LogP contribution in [0.3, 0.4) is 0 Å². The van der Waals surface area contributed by atoms with E-state index in [1.54, 1.807) is 20.8 Å². The number of carbonyl (C=O) groups is 3. The van der Waals surface area contributed by atoms with Crippen LogP contribution in [0.2, 0.25) is 0 Å². The van der Waals surface area contributed by atoms with E-state index in [-0.39, 0.29) is 18.9 Å². The van der Waals surface area contributed by atoms with Crippen LogP contribution in [0, 0.1) is 0 Å². The molecule has 0 unspecified atom stereocenters. The molecule has 0 aromatic heterocycles. The van der Waals surface area contributed by atoms with E-state index in [4.69, 9.17) is 25.1 Å². The summed E-state index contributed by atoms with van der Waals surface area (Å²) in [6.45, 7) is 7.03. The lowest BCUT2D eigenvalue weighted by Crippen LogP contribution is -2.48. The second-order valence-electron chi connectivity index (χ2n) is 5.94. The topological polar surface area (TPSA) is 128 Å². The fourth-order valence-corrected chi connectivity index (χ4v) is 0.970. The lowest BCUT2D eigenvalue weighted by atomic mass is 10.1. The van der Waals surface area contributed by atoms with E-state index < -0.39 is 35.3 Å². The number of ether oxygens (including phenoxy) is 2. The maximum absolute atomic E-state index is 11.4. The predicted molar refractivity (Wildman–Crippen MR) is 85.3 cm³/mol. The van der Waals surface area contributed by atoms with Crippen molar-refractivity contribution < 1.29 is 42.1 Å². The summed E-state index contributed by atoms with van der Waals surface area (Å²) >= 11 is 3.95. The molecule has 0 aliphatic heterocycles. The van der Waals surface area contributed by atoms with Crippen molar-refractivity contribution in [2.45, 2.75) is 45.0 Å². The van der Waals surface area contributed by atoms with Gasteiger partial charge in [-0.3, -0.25) is 4.79 Å². The molecule has 0 spiro atoms. The molecule has 8 nitrogen and oxygen atoms in total. The zero-order valence-corrected chi connectivity index (χ0v) is 15.2. The Labute approximate surface area is 148 Å². The van der Waals surface area contributed by atoms with Gasteiger partial charge in [-0.2, -0.15) is 25.8 Å². The number of nitrogens with one attached hydrogen (secondary N) is 1. The van der Waals surface area contributed by atoms with Crippen molar-refractivity contribution in [3.05, 3.63) is 0 Å². The Balaban J connectivity index is 0. The van der Waals surface area contributed by atoms with Crippen molar-refractivity contribution in [2.24, 2.45) is 5.73 Å². The molecule has 0 heterocycles. The van der Waals surface area contributed by atoms with Crippen molar-refractivity contribution in [3.8, 4) is 0 Å². The number of thiol groups is 1. The van der Waals surface area contributed by atoms with Crippen molar-refractivity contribution in [3.63, 3.8) is 0 Å². The quantitative estimate of drug-likeness (QED) is 0.316. The standard InChI is InChI=1S/C11H22N2O4S.C2HF3O2/c1-10(2,3)17-9(15)13-5-6-16-8(14)11(4,12)7-18;3-2(4,5)1(6)7/h18H,5-7,12H2,1-4H3,(H,13,15);(H,6,7)/t11-;/m0./s1. The third kappa shape index (κ3) is 14.4. The molecule has 0 aromatic carbocycles. The third-order valence-corrected chi connectivity index (χ3v) is 2.70. The molecule has 0 saturated heterocycles. The zero-order valence-electron chi connectivity index (χ0n) is 14.3. The minimum atomic E-state index is -5.08. The predicted octanol–water partition coefficient (Wildman–Crippen LogP) is 1.33. The van der Waals surface area contributed by atoms with Crippen LogP contribution in [0.25, 0.3) is 0 Å². The van der Waals surface area contributed by atoms with Gasteiger partial charge in [0, 0.05) is 5.75 Å². The molecule has 0 rings (SSSR count). The Kier molecular flexibility index (Phi) is 10.6. The molecule has 25 heavy (non-hydrogen) atoms. The van der Waals surface area contributed by atoms with Gasteiger partial charge in [0.2, 0.25) is 0 Å². The summed E-state index contributed by atoms with van der Waals surface area (Å²) in [5, 5.41) is 9.59. The largest absolute Gasteiger partial charge is 0.490 e. The number of hydrogen-bond acceptors (Lipinski definition) is 7. The number of halogens is 3. The minimum absolute atomic E-state index is 0.0403. The molecule has 0 bridgehead atoms. The number of amides is 1. The number of carboxylic acids is 1. The van der Waals surface area contributed by atoms with Gasteiger partial charge in [-0.25, -0.2) is 9.59 Å². The van der Waals surface area contributed by atoms with E-state index in [9.17, 15) is 22.8 Å². The van der Waals surface area contributed by atoms with Crippen molar-refractivity contribution in [2.75, 3.05) is 18.9 Å². The van der Waals surface area contributed by atoms with E-state index in [1.165, 1.54) is 6.92 Å². The Morgan fingerprint density at radius 3 is 1.92 bits per heavy atom. The smallest absolute Gasteiger partial charge is 0.475 e. The number of hydrogen-bond donors (Lipinski definition) is 4. The fourth-order valence-electron chi connectivity index (χ4n) is 0.840. The number of alkyl carbamates (subject to hydrolysis) is 1. The number of nitrogens with two attached hydrogens (primary N) is 1. The molecular weight excluding hydrogens is 369 g/mol. The molecule has 1 amide bonds. The highest BCUT2D eigenvalue weighted by Crippen LogP contribution is 2.13. The number of aliphatic carboxylic acids is 1. The van der Waals surface area contributed by atoms with E-state index in [2.05, 4.69) is 17.9 Å². The first kappa shape index (κ1) is 25.5. The first-order chi connectivity index (χ1) is 11.0. The molecule has 0 fully saturated rings. The molecule has 0 saturated carbocycles. The Hall–Kier alpha value is -1.69. The zero-order chi connectivity index (χ0) is 20.5. The van der Waals surface area contributed by atoms with Gasteiger partial charge >= 0.3 is 24.2 Å². The van der Waals surface area contributed by atoms with Crippen molar-refractivity contribution in [1.29, 1.82) is 0 Å². The lowest BCUT2D eigenvalue weighted by molar-refractivity contribution is -0.192. The Morgan fingerprint density at radius 1 is 1.16 bits per heavy atom. The van der Waals surface area contributed by atoms with Crippen LogP contribution in [0.4, 0.5) is 18.0 Å². The highest BCUT2D eigenvalue weighted by molar-refractivity contribution is 7.80. The monoisotopic (exact) mass is 392 g/mol. The third-order valence-electron chi connectivity index (χ3n) is 2.04. The normalized spacial score (nSPS) is 13.6. The van der Waals surface area contributed by atoms with Crippen LogP contribution in [0.15, 0.2) is 0 Å². The van der Waals surface area contributed by atoms with Crippen molar-refractivity contribution >= 4 is 30.7 Å². The maximum atomic E-state index is 11.4. The van der Waals surface area contributed by atoms with Crippen LogP contribution < -0.4 is 11.1 Å². The summed E-state index contributed by atoms with van der Waals surface area (Å²) in [5.74, 6) is -3.12. The maximum Gasteiger partial charge on any atom is 0.490 e. The molecule has 12 heteroatoms. The van der Waals surface area contributed by atoms with Crippen LogP contribution in [0.5, 0.6) is 0 Å². The molecular formula is C13H23F3N2O6S. The molecule has 148 valence electrons. The first-order valence-electron chi connectivity index (χ1n) is 6.87. The summed E-state index contributed by atoms with van der Waals surface area (Å²) < 4.78 is 41.6. The second kappa shape index (κ2) is 10.3. The molecule has 1 atom stereocenters. The summed E-state index contributed by atoms with van der Waals surface area (Å²) in [7, 11) is 0. The van der Waals surface area contributed by atoms with Gasteiger partial charge in [0.05, 0.1) is 6.54 Å². The van der Waals surface area contributed by atoms with Crippen molar-refractivity contribution in [1.82, 2.24) is 5.32 Å². The molecule has 4 N–H and O–H groups in total. The van der Waals surface area contributed by atoms with Crippen LogP contribution in [-0.2, 0) is 19.1 Å². The molecule has 0 radical (unpaired) electrons. The van der Waals surface area contributed by atoms with E-state index >= 15 is 0 Å². The first-order valence-corrected chi connectivity index (χ1v) is 7.50. The Bertz CT molecular complexity index is 464. The number of carboxylic acid groups (broad SMARTS) is 1. The average molecular weight is 392 g/mol. The molecule has 0 aliphatic carbocycles. The fraction of sp³-hybridized carbons (Fsp3) is 0.769. The molecule has 0 aliphatic rings. The Morgan fingerprint density at radius 2 is 1.60 bits per heavy atom. The van der Waals surface area contributed by atoms with E-state index in [0.717, 1.165) is 0 Å². The SMILES string of the molecule is CC(C)(C)OC(=O)NCCOC(=O)[C@@](C)(N)CS.O=C(O)C(F)(F)F. The second-order valence-corrected chi connectivity index (χ2v) is 6.26. The van der Waals surface area contributed by atoms with Gasteiger partial charge < -0.3 is 25.6 Å². The van der Waals surface area contributed by atoms with Gasteiger partial charge in [-0.1, -0.05) is 0 Å². The van der Waals surface area contributed by atoms with Crippen LogP contribution in [0.1, 0.15) is 27.7 Å². The van der Waals surface area contributed by atoms with Gasteiger partial charge in [0.15, 0.2) is 0 Å². The van der Waals surface area contributed by atoms with Crippen LogP contribution >= 0.6 is 12.6 Å². The highest BCUT2D eigenvalue weighted by Gasteiger charge is 2.38. The summed E-state index contributed by atoms with van der Waals surface area (Å²) in [4.78, 5) is 31.6. The van der Waals surface area contributed by atoms with Gasteiger partial charge in [0.25, 0.3) is 0 Å². The highest BCUT2D eigenvalue weighted by atomic mass is 32.1. The number of esters is 1. The molecule has 0 aromatic rings. The van der Waals surface area contributed by atoms with Gasteiger partial charge in [-0.05, 0) is 27.7 Å². The summed E-state index contributed by atoms with van der Waals surface area (Å²) in [6, 6.07) is 0. The van der Waals surface area contributed by atoms with E-state index in [1.807, 2.05) is 0 Å². The van der Waals surface area contributed by atoms with Gasteiger partial charge in [-0.15, -0.1) is 0 Å². The summed E-state index contributed by atoms with van der Waals surface area (Å²) in [6.07, 6.45) is -5.64. The summed E-state index contributed by atoms with van der Waals surface area (Å²) in [5.41, 5.74) is 3.95. The number of rotatable bonds is 5. The number of alkyl halides is 3. The van der Waals surface area contributed by atoms with E-state index in [0.29, 0.717) is 0 Å². The van der Waals surface area contributed by atoms with Gasteiger partial charge in [0.1, 0.15) is 17.7 Å². The van der Waals surface area contributed by atoms with Crippen LogP contribution in [-0.4, -0.2) is 59.4 Å². The lowest BCUT2D eigenvalue weighted by Gasteiger charge is -2.21. The minimum Gasteiger partial charge on any atom is -0.475 e.